The Kier molecular flexibility index (Phi) is 10.3. The molecule has 1 atom stereocenters. The zero-order chi connectivity index (χ0) is 28.4. The lowest BCUT2D eigenvalue weighted by Gasteiger charge is -2.31. The number of ether oxygens (including phenoxy) is 2. The van der Waals surface area contributed by atoms with Gasteiger partial charge in [-0.2, -0.15) is 0 Å². The lowest BCUT2D eigenvalue weighted by Crippen LogP contribution is -2.51. The van der Waals surface area contributed by atoms with E-state index in [0.29, 0.717) is 29.5 Å². The van der Waals surface area contributed by atoms with Crippen molar-refractivity contribution in [3.05, 3.63) is 84.4 Å². The van der Waals surface area contributed by atoms with Gasteiger partial charge in [0.15, 0.2) is 0 Å². The maximum absolute atomic E-state index is 13.6. The van der Waals surface area contributed by atoms with Crippen LogP contribution in [0.25, 0.3) is 0 Å². The molecule has 0 radical (unpaired) electrons. The summed E-state index contributed by atoms with van der Waals surface area (Å²) in [5.74, 6) is 0.998. The highest BCUT2D eigenvalue weighted by Crippen LogP contribution is 2.26. The Bertz CT molecular complexity index is 1330. The number of sulfonamides is 1. The third-order valence-electron chi connectivity index (χ3n) is 6.01. The van der Waals surface area contributed by atoms with Gasteiger partial charge in [0.05, 0.1) is 19.1 Å². The van der Waals surface area contributed by atoms with Crippen molar-refractivity contribution in [2.45, 2.75) is 32.9 Å². The summed E-state index contributed by atoms with van der Waals surface area (Å²) in [7, 11) is -2.27. The van der Waals surface area contributed by atoms with Crippen LogP contribution in [0.15, 0.2) is 78.9 Å². The van der Waals surface area contributed by atoms with Crippen LogP contribution in [-0.4, -0.2) is 57.6 Å². The molecule has 0 aliphatic rings. The summed E-state index contributed by atoms with van der Waals surface area (Å²) in [4.78, 5) is 27.8. The number of hydrogen-bond acceptors (Lipinski definition) is 6. The quantitative estimate of drug-likeness (QED) is 0.340. The van der Waals surface area contributed by atoms with Crippen LogP contribution >= 0.6 is 0 Å². The van der Waals surface area contributed by atoms with Crippen LogP contribution in [0.4, 0.5) is 5.69 Å². The molecule has 3 rings (SSSR count). The van der Waals surface area contributed by atoms with Gasteiger partial charge in [-0.1, -0.05) is 37.3 Å². The lowest BCUT2D eigenvalue weighted by molar-refractivity contribution is -0.139. The van der Waals surface area contributed by atoms with Gasteiger partial charge in [-0.05, 0) is 67.4 Å². The van der Waals surface area contributed by atoms with E-state index in [0.717, 1.165) is 22.5 Å². The van der Waals surface area contributed by atoms with Gasteiger partial charge in [-0.25, -0.2) is 8.42 Å². The molecule has 2 amide bonds. The predicted octanol–water partition coefficient (Wildman–Crippen LogP) is 4.20. The van der Waals surface area contributed by atoms with Crippen molar-refractivity contribution in [1.29, 1.82) is 0 Å². The summed E-state index contributed by atoms with van der Waals surface area (Å²) < 4.78 is 37.6. The summed E-state index contributed by atoms with van der Waals surface area (Å²) >= 11 is 0. The minimum atomic E-state index is -3.83. The Labute approximate surface area is 230 Å². The first kappa shape index (κ1) is 29.5. The summed E-state index contributed by atoms with van der Waals surface area (Å²) in [6, 6.07) is 21.9. The van der Waals surface area contributed by atoms with Crippen LogP contribution in [0.3, 0.4) is 0 Å². The number of rotatable bonds is 13. The van der Waals surface area contributed by atoms with Crippen LogP contribution < -0.4 is 19.1 Å². The van der Waals surface area contributed by atoms with Gasteiger partial charge in [-0.15, -0.1) is 0 Å². The van der Waals surface area contributed by atoms with Crippen LogP contribution in [0, 0.1) is 0 Å². The zero-order valence-electron chi connectivity index (χ0n) is 22.7. The molecule has 0 fully saturated rings. The fourth-order valence-corrected chi connectivity index (χ4v) is 4.67. The van der Waals surface area contributed by atoms with Gasteiger partial charge < -0.3 is 19.7 Å². The minimum absolute atomic E-state index is 0.116. The molecule has 1 N–H and O–H groups in total. The van der Waals surface area contributed by atoms with Crippen LogP contribution in [0.5, 0.6) is 17.2 Å². The second kappa shape index (κ2) is 13.7. The van der Waals surface area contributed by atoms with Crippen molar-refractivity contribution in [1.82, 2.24) is 10.2 Å². The minimum Gasteiger partial charge on any atom is -0.497 e. The molecule has 0 spiro atoms. The number of nitrogens with one attached hydrogen (secondary N) is 1. The Morgan fingerprint density at radius 3 is 2.05 bits per heavy atom. The lowest BCUT2D eigenvalue weighted by atomic mass is 10.1. The van der Waals surface area contributed by atoms with Crippen LogP contribution in [0.2, 0.25) is 0 Å². The fourth-order valence-electron chi connectivity index (χ4n) is 3.82. The number of benzene rings is 3. The maximum atomic E-state index is 13.6. The molecule has 0 bridgehead atoms. The zero-order valence-corrected chi connectivity index (χ0v) is 23.5. The van der Waals surface area contributed by atoms with E-state index in [1.807, 2.05) is 37.3 Å². The molecule has 3 aromatic rings. The van der Waals surface area contributed by atoms with Crippen molar-refractivity contribution < 1.29 is 27.5 Å². The predicted molar refractivity (Wildman–Crippen MR) is 151 cm³/mol. The van der Waals surface area contributed by atoms with Gasteiger partial charge in [0.25, 0.3) is 0 Å². The highest BCUT2D eigenvalue weighted by Gasteiger charge is 2.30. The number of carbonyl (C=O) groups is 2. The molecule has 0 heterocycles. The van der Waals surface area contributed by atoms with E-state index in [1.165, 1.54) is 4.90 Å². The standard InChI is InChI=1S/C29H35N3O6S/c1-5-19-30-29(34)22(2)31(20-23-11-15-25(37-3)16-12-23)28(33)21-32(39(4,35)36)24-13-17-27(18-14-24)38-26-9-7-6-8-10-26/h6-18,22H,5,19-21H2,1-4H3,(H,30,34). The van der Waals surface area contributed by atoms with E-state index in [4.69, 9.17) is 9.47 Å². The molecule has 208 valence electrons. The van der Waals surface area contributed by atoms with Crippen molar-refractivity contribution in [3.63, 3.8) is 0 Å². The Morgan fingerprint density at radius 2 is 1.49 bits per heavy atom. The second-order valence-corrected chi connectivity index (χ2v) is 10.9. The molecular weight excluding hydrogens is 518 g/mol. The van der Waals surface area contributed by atoms with Crippen LogP contribution in [-0.2, 0) is 26.2 Å². The van der Waals surface area contributed by atoms with Gasteiger partial charge in [0, 0.05) is 13.1 Å². The third kappa shape index (κ3) is 8.47. The van der Waals surface area contributed by atoms with E-state index in [2.05, 4.69) is 5.32 Å². The number of amides is 2. The third-order valence-corrected chi connectivity index (χ3v) is 7.15. The average molecular weight is 554 g/mol. The van der Waals surface area contributed by atoms with Crippen molar-refractivity contribution in [3.8, 4) is 17.2 Å². The summed E-state index contributed by atoms with van der Waals surface area (Å²) in [5.41, 5.74) is 1.08. The number of anilines is 1. The van der Waals surface area contributed by atoms with E-state index in [-0.39, 0.29) is 12.5 Å². The monoisotopic (exact) mass is 553 g/mol. The number of hydrogen-bond donors (Lipinski definition) is 1. The van der Waals surface area contributed by atoms with E-state index in [1.54, 1.807) is 62.6 Å². The average Bonchev–Trinajstić information content (AvgIpc) is 2.93. The van der Waals surface area contributed by atoms with E-state index < -0.39 is 28.5 Å². The van der Waals surface area contributed by atoms with Gasteiger partial charge in [-0.3, -0.25) is 13.9 Å². The molecule has 39 heavy (non-hydrogen) atoms. The topological polar surface area (TPSA) is 105 Å². The Balaban J connectivity index is 1.84. The molecule has 0 aliphatic carbocycles. The number of para-hydroxylation sites is 1. The molecule has 0 saturated carbocycles. The highest BCUT2D eigenvalue weighted by molar-refractivity contribution is 7.92. The largest absolute Gasteiger partial charge is 0.497 e. The number of methoxy groups -OCH3 is 1. The van der Waals surface area contributed by atoms with Crippen molar-refractivity contribution in [2.75, 3.05) is 30.8 Å². The Morgan fingerprint density at radius 1 is 0.897 bits per heavy atom. The van der Waals surface area contributed by atoms with Gasteiger partial charge in [0.2, 0.25) is 21.8 Å². The van der Waals surface area contributed by atoms with Crippen molar-refractivity contribution >= 4 is 27.5 Å². The molecular formula is C29H35N3O6S. The fraction of sp³-hybridized carbons (Fsp3) is 0.310. The first-order valence-electron chi connectivity index (χ1n) is 12.6. The van der Waals surface area contributed by atoms with Gasteiger partial charge >= 0.3 is 0 Å². The number of carbonyl (C=O) groups excluding carboxylic acids is 2. The molecule has 0 aromatic heterocycles. The molecule has 0 aliphatic heterocycles. The van der Waals surface area contributed by atoms with E-state index in [9.17, 15) is 18.0 Å². The van der Waals surface area contributed by atoms with E-state index >= 15 is 0 Å². The maximum Gasteiger partial charge on any atom is 0.244 e. The SMILES string of the molecule is CCCNC(=O)C(C)N(Cc1ccc(OC)cc1)C(=O)CN(c1ccc(Oc2ccccc2)cc1)S(C)(=O)=O. The summed E-state index contributed by atoms with van der Waals surface area (Å²) in [6.07, 6.45) is 1.79. The molecule has 3 aromatic carbocycles. The first-order chi connectivity index (χ1) is 18.6. The first-order valence-corrected chi connectivity index (χ1v) is 14.5. The van der Waals surface area contributed by atoms with Crippen LogP contribution in [0.1, 0.15) is 25.8 Å². The normalized spacial score (nSPS) is 11.8. The Hall–Kier alpha value is -4.05. The number of nitrogens with zero attached hydrogens (tertiary/aromatic N) is 2. The van der Waals surface area contributed by atoms with Crippen molar-refractivity contribution in [2.24, 2.45) is 0 Å². The summed E-state index contributed by atoms with van der Waals surface area (Å²) in [6.45, 7) is 3.68. The molecule has 1 unspecified atom stereocenters. The summed E-state index contributed by atoms with van der Waals surface area (Å²) in [5, 5.41) is 2.81. The van der Waals surface area contributed by atoms with Gasteiger partial charge in [0.1, 0.15) is 29.8 Å². The molecule has 0 saturated heterocycles. The smallest absolute Gasteiger partial charge is 0.244 e. The molecule has 10 heteroatoms. The molecule has 9 nitrogen and oxygen atoms in total. The second-order valence-electron chi connectivity index (χ2n) is 9.02. The highest BCUT2D eigenvalue weighted by atomic mass is 32.2.